The van der Waals surface area contributed by atoms with Crippen LogP contribution in [0.4, 0.5) is 0 Å². The second kappa shape index (κ2) is 12.7. The van der Waals surface area contributed by atoms with Crippen LogP contribution in [-0.2, 0) is 5.41 Å². The van der Waals surface area contributed by atoms with E-state index in [1.165, 1.54) is 100.0 Å². The lowest BCUT2D eigenvalue weighted by atomic mass is 9.54. The summed E-state index contributed by atoms with van der Waals surface area (Å²) in [6.07, 6.45) is 5.88. The molecule has 1 spiro atoms. The van der Waals surface area contributed by atoms with Crippen molar-refractivity contribution in [1.82, 2.24) is 4.57 Å². The van der Waals surface area contributed by atoms with Crippen LogP contribution in [-0.4, -0.2) is 4.57 Å². The monoisotopic (exact) mass is 719 g/mol. The number of benzene rings is 8. The lowest BCUT2D eigenvalue weighted by Gasteiger charge is -2.49. The summed E-state index contributed by atoms with van der Waals surface area (Å²) in [5.74, 6) is 1.06. The van der Waals surface area contributed by atoms with Gasteiger partial charge in [0.15, 0.2) is 0 Å². The molecule has 0 radical (unpaired) electrons. The zero-order chi connectivity index (χ0) is 37.5. The Bertz CT molecular complexity index is 2940. The molecule has 11 rings (SSSR count). The maximum atomic E-state index is 2.52. The summed E-state index contributed by atoms with van der Waals surface area (Å²) in [5.41, 5.74) is 16.4. The molecule has 1 aromatic heterocycles. The van der Waals surface area contributed by atoms with Gasteiger partial charge in [0, 0.05) is 21.9 Å². The van der Waals surface area contributed by atoms with E-state index in [1.54, 1.807) is 5.57 Å². The molecule has 9 aromatic rings. The second-order valence-electron chi connectivity index (χ2n) is 16.3. The topological polar surface area (TPSA) is 4.93 Å². The quantitative estimate of drug-likeness (QED) is 0.126. The Morgan fingerprint density at radius 2 is 1.04 bits per heavy atom. The van der Waals surface area contributed by atoms with E-state index in [2.05, 4.69) is 195 Å². The molecule has 3 atom stereocenters. The third-order valence-electron chi connectivity index (χ3n) is 13.7. The molecule has 0 saturated heterocycles. The van der Waals surface area contributed by atoms with Crippen molar-refractivity contribution in [1.29, 1.82) is 0 Å². The largest absolute Gasteiger partial charge is 0.309 e. The van der Waals surface area contributed by atoms with Gasteiger partial charge in [-0.05, 0) is 122 Å². The first-order valence-electron chi connectivity index (χ1n) is 20.5. The Kier molecular flexibility index (Phi) is 7.52. The molecule has 270 valence electrons. The molecule has 2 aliphatic carbocycles. The third-order valence-corrected chi connectivity index (χ3v) is 13.7. The summed E-state index contributed by atoms with van der Waals surface area (Å²) >= 11 is 0. The molecule has 0 bridgehead atoms. The van der Waals surface area contributed by atoms with E-state index in [9.17, 15) is 0 Å². The van der Waals surface area contributed by atoms with Gasteiger partial charge in [-0.2, -0.15) is 0 Å². The van der Waals surface area contributed by atoms with Gasteiger partial charge in [-0.15, -0.1) is 0 Å². The van der Waals surface area contributed by atoms with Gasteiger partial charge in [-0.3, -0.25) is 0 Å². The maximum absolute atomic E-state index is 2.52. The summed E-state index contributed by atoms with van der Waals surface area (Å²) in [4.78, 5) is 0. The molecule has 1 nitrogen and oxygen atoms in total. The fourth-order valence-corrected chi connectivity index (χ4v) is 11.5. The average Bonchev–Trinajstić information content (AvgIpc) is 3.75. The summed E-state index contributed by atoms with van der Waals surface area (Å²) < 4.78 is 2.41. The van der Waals surface area contributed by atoms with Gasteiger partial charge in [0.05, 0.1) is 11.0 Å². The molecule has 3 unspecified atom stereocenters. The van der Waals surface area contributed by atoms with Crippen LogP contribution < -0.4 is 0 Å². The highest BCUT2D eigenvalue weighted by molar-refractivity contribution is 6.23. The molecule has 0 N–H and O–H groups in total. The van der Waals surface area contributed by atoms with Crippen LogP contribution in [0.2, 0.25) is 0 Å². The molecule has 1 heteroatoms. The van der Waals surface area contributed by atoms with Crippen LogP contribution in [0.5, 0.6) is 0 Å². The number of aromatic nitrogens is 1. The Hall–Kier alpha value is -6.18. The second-order valence-corrected chi connectivity index (χ2v) is 16.3. The summed E-state index contributed by atoms with van der Waals surface area (Å²) in [6.45, 7) is 7.18. The molecule has 8 aromatic carbocycles. The van der Waals surface area contributed by atoms with Crippen molar-refractivity contribution in [2.75, 3.05) is 0 Å². The first-order valence-corrected chi connectivity index (χ1v) is 20.5. The molecular formula is C55H45N. The van der Waals surface area contributed by atoms with Gasteiger partial charge in [0.2, 0.25) is 0 Å². The smallest absolute Gasteiger partial charge is 0.0541 e. The van der Waals surface area contributed by atoms with E-state index in [1.807, 2.05) is 0 Å². The standard InChI is InChI=1S/C55H45N/c1-4-36-33-35(3)55(38(5-2)34-36)48-25-13-10-23-46(48)54-47(24-16-26-49(54)55)53-44-21-8-6-19-42(44)52(43-20-7-9-22-45(43)53)37-29-31-39(32-30-37)56-50-27-14-11-17-40(50)41-18-12-15-28-51(41)56/h4,6-32,35,38H,5,33-34H2,1-3H3. The van der Waals surface area contributed by atoms with Gasteiger partial charge in [0.25, 0.3) is 0 Å². The van der Waals surface area contributed by atoms with Crippen LogP contribution in [0.15, 0.2) is 175 Å². The van der Waals surface area contributed by atoms with E-state index < -0.39 is 0 Å². The molecule has 1 fully saturated rings. The van der Waals surface area contributed by atoms with Gasteiger partial charge in [0.1, 0.15) is 0 Å². The van der Waals surface area contributed by atoms with E-state index in [0.29, 0.717) is 11.8 Å². The first kappa shape index (κ1) is 33.2. The van der Waals surface area contributed by atoms with E-state index in [0.717, 1.165) is 12.8 Å². The van der Waals surface area contributed by atoms with Crippen LogP contribution in [0.25, 0.3) is 82.4 Å². The predicted molar refractivity (Wildman–Crippen MR) is 239 cm³/mol. The number of hydrogen-bond acceptors (Lipinski definition) is 0. The Morgan fingerprint density at radius 1 is 0.518 bits per heavy atom. The minimum absolute atomic E-state index is 0.00708. The average molecular weight is 720 g/mol. The molecule has 0 aliphatic heterocycles. The molecule has 1 saturated carbocycles. The predicted octanol–water partition coefficient (Wildman–Crippen LogP) is 15.1. The molecule has 2 aliphatic rings. The van der Waals surface area contributed by atoms with Gasteiger partial charge in [-0.1, -0.05) is 171 Å². The highest BCUT2D eigenvalue weighted by Gasteiger charge is 2.54. The number of fused-ring (bicyclic) bond motifs is 10. The SMILES string of the molecule is CC=C1CC(C)C2(c3ccccc3-c3c(-c4c5ccccc5c(-c5ccc(-n6c7ccccc7c7ccccc76)cc5)c5ccccc45)cccc32)C(CC)C1. The van der Waals surface area contributed by atoms with Crippen LogP contribution in [0.3, 0.4) is 0 Å². The Morgan fingerprint density at radius 3 is 1.64 bits per heavy atom. The van der Waals surface area contributed by atoms with Gasteiger partial charge in [-0.25, -0.2) is 0 Å². The molecule has 1 heterocycles. The number of para-hydroxylation sites is 2. The zero-order valence-corrected chi connectivity index (χ0v) is 32.4. The number of hydrogen-bond donors (Lipinski definition) is 0. The first-order chi connectivity index (χ1) is 27.6. The van der Waals surface area contributed by atoms with Crippen molar-refractivity contribution >= 4 is 43.4 Å². The van der Waals surface area contributed by atoms with Crippen molar-refractivity contribution in [3.8, 4) is 39.1 Å². The highest BCUT2D eigenvalue weighted by atomic mass is 15.0. The third kappa shape index (κ3) is 4.49. The van der Waals surface area contributed by atoms with Crippen molar-refractivity contribution in [3.63, 3.8) is 0 Å². The minimum atomic E-state index is -0.00708. The summed E-state index contributed by atoms with van der Waals surface area (Å²) in [6, 6.07) is 61.7. The van der Waals surface area contributed by atoms with Crippen LogP contribution >= 0.6 is 0 Å². The van der Waals surface area contributed by atoms with Crippen molar-refractivity contribution in [2.24, 2.45) is 11.8 Å². The van der Waals surface area contributed by atoms with E-state index >= 15 is 0 Å². The van der Waals surface area contributed by atoms with Crippen molar-refractivity contribution in [3.05, 3.63) is 187 Å². The highest BCUT2D eigenvalue weighted by Crippen LogP contribution is 2.63. The maximum Gasteiger partial charge on any atom is 0.0541 e. The fourth-order valence-electron chi connectivity index (χ4n) is 11.5. The summed E-state index contributed by atoms with van der Waals surface area (Å²) in [7, 11) is 0. The van der Waals surface area contributed by atoms with E-state index in [4.69, 9.17) is 0 Å². The van der Waals surface area contributed by atoms with Crippen LogP contribution in [0.1, 0.15) is 51.2 Å². The minimum Gasteiger partial charge on any atom is -0.309 e. The molecular weight excluding hydrogens is 675 g/mol. The normalized spacial score (nSPS) is 19.7. The lowest BCUT2D eigenvalue weighted by Crippen LogP contribution is -2.44. The van der Waals surface area contributed by atoms with Gasteiger partial charge >= 0.3 is 0 Å². The Labute approximate surface area is 329 Å². The Balaban J connectivity index is 1.14. The lowest BCUT2D eigenvalue weighted by molar-refractivity contribution is 0.188. The number of allylic oxidation sites excluding steroid dienone is 2. The van der Waals surface area contributed by atoms with Crippen molar-refractivity contribution < 1.29 is 0 Å². The fraction of sp³-hybridized carbons (Fsp3) is 0.164. The molecule has 0 amide bonds. The van der Waals surface area contributed by atoms with Gasteiger partial charge < -0.3 is 4.57 Å². The van der Waals surface area contributed by atoms with Crippen LogP contribution in [0, 0.1) is 11.8 Å². The number of nitrogens with zero attached hydrogens (tertiary/aromatic N) is 1. The van der Waals surface area contributed by atoms with E-state index in [-0.39, 0.29) is 5.41 Å². The zero-order valence-electron chi connectivity index (χ0n) is 32.4. The number of rotatable bonds is 4. The van der Waals surface area contributed by atoms with Crippen molar-refractivity contribution in [2.45, 2.75) is 45.4 Å². The molecule has 56 heavy (non-hydrogen) atoms. The summed E-state index contributed by atoms with van der Waals surface area (Å²) in [5, 5.41) is 7.76.